The Morgan fingerprint density at radius 1 is 1.00 bits per heavy atom. The third-order valence-electron chi connectivity index (χ3n) is 3.02. The van der Waals surface area contributed by atoms with Crippen molar-refractivity contribution >= 4 is 5.97 Å². The molecule has 0 heterocycles. The summed E-state index contributed by atoms with van der Waals surface area (Å²) in [5.41, 5.74) is 8.03. The van der Waals surface area contributed by atoms with Gasteiger partial charge in [-0.2, -0.15) is 0 Å². The molecule has 0 unspecified atom stereocenters. The van der Waals surface area contributed by atoms with Gasteiger partial charge in [-0.3, -0.25) is 4.79 Å². The minimum Gasteiger partial charge on any atom is -0.466 e. The van der Waals surface area contributed by atoms with Gasteiger partial charge in [0.2, 0.25) is 0 Å². The monoisotopic (exact) mass is 269 g/mol. The minimum absolute atomic E-state index is 0.200. The van der Waals surface area contributed by atoms with Crippen LogP contribution in [0.2, 0.25) is 0 Å². The van der Waals surface area contributed by atoms with Gasteiger partial charge >= 0.3 is 5.97 Å². The first-order valence-electron chi connectivity index (χ1n) is 7.47. The van der Waals surface area contributed by atoms with E-state index in [0.29, 0.717) is 6.61 Å². The lowest BCUT2D eigenvalue weighted by Gasteiger charge is -2.03. The van der Waals surface area contributed by atoms with Crippen LogP contribution in [0.15, 0.2) is 5.11 Å². The summed E-state index contributed by atoms with van der Waals surface area (Å²) in [7, 11) is 0. The van der Waals surface area contributed by atoms with E-state index in [-0.39, 0.29) is 6.54 Å². The van der Waals surface area contributed by atoms with Crippen molar-refractivity contribution in [1.82, 2.24) is 0 Å². The predicted octanol–water partition coefficient (Wildman–Crippen LogP) is 4.76. The summed E-state index contributed by atoms with van der Waals surface area (Å²) < 4.78 is 4.91. The second-order valence-corrected chi connectivity index (χ2v) is 4.79. The van der Waals surface area contributed by atoms with Crippen LogP contribution in [0.4, 0.5) is 0 Å². The van der Waals surface area contributed by atoms with Crippen molar-refractivity contribution in [2.75, 3.05) is 13.2 Å². The molecule has 0 radical (unpaired) electrons. The molecule has 0 aliphatic rings. The van der Waals surface area contributed by atoms with Crippen molar-refractivity contribution in [3.63, 3.8) is 0 Å². The van der Waals surface area contributed by atoms with Gasteiger partial charge < -0.3 is 4.74 Å². The third-order valence-corrected chi connectivity index (χ3v) is 3.02. The summed E-state index contributed by atoms with van der Waals surface area (Å²) in [6.07, 6.45) is 12.6. The Labute approximate surface area is 116 Å². The van der Waals surface area contributed by atoms with E-state index < -0.39 is 5.97 Å². The van der Waals surface area contributed by atoms with Crippen LogP contribution in [0.5, 0.6) is 0 Å². The summed E-state index contributed by atoms with van der Waals surface area (Å²) in [4.78, 5) is 13.5. The summed E-state index contributed by atoms with van der Waals surface area (Å²) in [6.45, 7) is 2.48. The average Bonchev–Trinajstić information content (AvgIpc) is 2.42. The van der Waals surface area contributed by atoms with E-state index in [2.05, 4.69) is 16.9 Å². The van der Waals surface area contributed by atoms with Gasteiger partial charge in [0.25, 0.3) is 0 Å². The Hall–Kier alpha value is -1.22. The average molecular weight is 269 g/mol. The molecule has 0 atom stereocenters. The van der Waals surface area contributed by atoms with E-state index in [1.807, 2.05) is 0 Å². The second kappa shape index (κ2) is 14.8. The summed E-state index contributed by atoms with van der Waals surface area (Å²) in [6, 6.07) is 0. The molecular formula is C14H27N3O2. The molecule has 5 heteroatoms. The van der Waals surface area contributed by atoms with Gasteiger partial charge in [-0.15, -0.1) is 0 Å². The van der Waals surface area contributed by atoms with Crippen molar-refractivity contribution < 1.29 is 9.53 Å². The molecule has 0 amide bonds. The molecule has 110 valence electrons. The van der Waals surface area contributed by atoms with E-state index >= 15 is 0 Å². The summed E-state index contributed by atoms with van der Waals surface area (Å²) in [5.74, 6) is -0.436. The molecule has 0 N–H and O–H groups in total. The smallest absolute Gasteiger partial charge is 0.311 e. The lowest BCUT2D eigenvalue weighted by Crippen LogP contribution is -2.08. The highest BCUT2D eigenvalue weighted by molar-refractivity contribution is 5.71. The maximum Gasteiger partial charge on any atom is 0.311 e. The zero-order valence-corrected chi connectivity index (χ0v) is 12.1. The van der Waals surface area contributed by atoms with Gasteiger partial charge in [0.1, 0.15) is 6.54 Å². The molecule has 0 saturated carbocycles. The molecule has 19 heavy (non-hydrogen) atoms. The van der Waals surface area contributed by atoms with Crippen LogP contribution in [0.25, 0.3) is 10.4 Å². The second-order valence-electron chi connectivity index (χ2n) is 4.79. The van der Waals surface area contributed by atoms with Crippen molar-refractivity contribution in [3.8, 4) is 0 Å². The van der Waals surface area contributed by atoms with Crippen LogP contribution >= 0.6 is 0 Å². The number of rotatable bonds is 13. The van der Waals surface area contributed by atoms with Gasteiger partial charge in [-0.1, -0.05) is 69.8 Å². The van der Waals surface area contributed by atoms with E-state index in [0.717, 1.165) is 12.8 Å². The molecule has 0 aromatic rings. The Kier molecular flexibility index (Phi) is 13.9. The molecular weight excluding hydrogens is 242 g/mol. The van der Waals surface area contributed by atoms with Crippen LogP contribution in [0, 0.1) is 0 Å². The van der Waals surface area contributed by atoms with Gasteiger partial charge in [0.15, 0.2) is 0 Å². The van der Waals surface area contributed by atoms with Crippen LogP contribution in [0.3, 0.4) is 0 Å². The van der Waals surface area contributed by atoms with Crippen LogP contribution in [-0.2, 0) is 9.53 Å². The number of carbonyl (C=O) groups is 1. The third kappa shape index (κ3) is 14.7. The zero-order valence-electron chi connectivity index (χ0n) is 12.1. The first-order chi connectivity index (χ1) is 9.31. The predicted molar refractivity (Wildman–Crippen MR) is 76.8 cm³/mol. The standard InChI is InChI=1S/C14H27N3O2/c1-2-3-4-5-6-7-8-9-10-11-12-19-14(18)13-16-17-15/h2-13H2,1H3. The number of esters is 1. The quantitative estimate of drug-likeness (QED) is 0.159. The minimum atomic E-state index is -0.436. The maximum absolute atomic E-state index is 11.0. The fourth-order valence-corrected chi connectivity index (χ4v) is 1.91. The number of azide groups is 1. The topological polar surface area (TPSA) is 75.1 Å². The Morgan fingerprint density at radius 3 is 2.05 bits per heavy atom. The molecule has 0 saturated heterocycles. The fraction of sp³-hybridized carbons (Fsp3) is 0.929. The van der Waals surface area contributed by atoms with Gasteiger partial charge in [0, 0.05) is 4.91 Å². The number of unbranched alkanes of at least 4 members (excludes halogenated alkanes) is 9. The zero-order chi connectivity index (χ0) is 14.2. The largest absolute Gasteiger partial charge is 0.466 e. The molecule has 0 rings (SSSR count). The molecule has 0 bridgehead atoms. The molecule has 0 spiro atoms. The van der Waals surface area contributed by atoms with Crippen molar-refractivity contribution in [2.45, 2.75) is 71.1 Å². The van der Waals surface area contributed by atoms with Crippen molar-refractivity contribution in [3.05, 3.63) is 10.4 Å². The molecule has 0 aromatic heterocycles. The van der Waals surface area contributed by atoms with Crippen LogP contribution in [-0.4, -0.2) is 19.1 Å². The van der Waals surface area contributed by atoms with E-state index in [1.165, 1.54) is 51.4 Å². The van der Waals surface area contributed by atoms with Gasteiger partial charge in [0.05, 0.1) is 6.61 Å². The van der Waals surface area contributed by atoms with Crippen molar-refractivity contribution in [2.24, 2.45) is 5.11 Å². The molecule has 0 aliphatic heterocycles. The first-order valence-corrected chi connectivity index (χ1v) is 7.47. The Balaban J connectivity index is 3.10. The number of carbonyl (C=O) groups excluding carboxylic acids is 1. The summed E-state index contributed by atoms with van der Waals surface area (Å²) >= 11 is 0. The Morgan fingerprint density at radius 2 is 1.53 bits per heavy atom. The lowest BCUT2D eigenvalue weighted by atomic mass is 10.1. The highest BCUT2D eigenvalue weighted by atomic mass is 16.5. The fourth-order valence-electron chi connectivity index (χ4n) is 1.91. The molecule has 0 fully saturated rings. The maximum atomic E-state index is 11.0. The normalized spacial score (nSPS) is 9.95. The van der Waals surface area contributed by atoms with Crippen LogP contribution in [0.1, 0.15) is 71.1 Å². The van der Waals surface area contributed by atoms with Crippen molar-refractivity contribution in [1.29, 1.82) is 0 Å². The molecule has 0 aromatic carbocycles. The lowest BCUT2D eigenvalue weighted by molar-refractivity contribution is -0.141. The number of hydrogen-bond acceptors (Lipinski definition) is 3. The van der Waals surface area contributed by atoms with E-state index in [4.69, 9.17) is 10.3 Å². The summed E-state index contributed by atoms with van der Waals surface area (Å²) in [5, 5.41) is 3.15. The SMILES string of the molecule is CCCCCCCCCCCCOC(=O)CN=[N+]=[N-]. The van der Waals surface area contributed by atoms with E-state index in [1.54, 1.807) is 0 Å². The number of ether oxygens (including phenoxy) is 1. The first kappa shape index (κ1) is 17.8. The highest BCUT2D eigenvalue weighted by Gasteiger charge is 1.99. The number of nitrogens with zero attached hydrogens (tertiary/aromatic N) is 3. The Bertz CT molecular complexity index is 263. The highest BCUT2D eigenvalue weighted by Crippen LogP contribution is 2.10. The van der Waals surface area contributed by atoms with Crippen LogP contribution < -0.4 is 0 Å². The number of hydrogen-bond donors (Lipinski definition) is 0. The van der Waals surface area contributed by atoms with Gasteiger partial charge in [-0.25, -0.2) is 0 Å². The van der Waals surface area contributed by atoms with E-state index in [9.17, 15) is 4.79 Å². The molecule has 5 nitrogen and oxygen atoms in total. The van der Waals surface area contributed by atoms with Gasteiger partial charge in [-0.05, 0) is 12.0 Å². The molecule has 0 aliphatic carbocycles.